The van der Waals surface area contributed by atoms with Gasteiger partial charge in [-0.25, -0.2) is 0 Å². The molecule has 1 aliphatic rings. The van der Waals surface area contributed by atoms with E-state index in [-0.39, 0.29) is 17.3 Å². The maximum absolute atomic E-state index is 13.0. The zero-order valence-electron chi connectivity index (χ0n) is 16.8. The Bertz CT molecular complexity index is 1180. The van der Waals surface area contributed by atoms with Crippen LogP contribution in [0.15, 0.2) is 47.5 Å². The molecular weight excluding hydrogens is 431 g/mol. The lowest BCUT2D eigenvalue weighted by Gasteiger charge is -2.13. The maximum Gasteiger partial charge on any atom is 0.573 e. The van der Waals surface area contributed by atoms with Crippen LogP contribution < -0.4 is 15.6 Å². The zero-order chi connectivity index (χ0) is 22.9. The molecule has 4 rings (SSSR count). The first-order valence-corrected chi connectivity index (χ1v) is 9.58. The van der Waals surface area contributed by atoms with Gasteiger partial charge in [0.25, 0.3) is 11.5 Å². The topological polar surface area (TPSA) is 100 Å². The van der Waals surface area contributed by atoms with Gasteiger partial charge in [0.15, 0.2) is 0 Å². The molecular formula is C20H18F3N5O4. The van der Waals surface area contributed by atoms with E-state index in [2.05, 4.69) is 20.3 Å². The molecule has 1 aliphatic heterocycles. The highest BCUT2D eigenvalue weighted by Crippen LogP contribution is 2.26. The molecule has 168 valence electrons. The molecule has 1 atom stereocenters. The van der Waals surface area contributed by atoms with Gasteiger partial charge in [-0.1, -0.05) is 0 Å². The number of rotatable bonds is 5. The fourth-order valence-electron chi connectivity index (χ4n) is 3.23. The third kappa shape index (κ3) is 4.80. The smallest absolute Gasteiger partial charge is 0.406 e. The van der Waals surface area contributed by atoms with Crippen LogP contribution in [0.1, 0.15) is 16.8 Å². The Balaban J connectivity index is 1.74. The van der Waals surface area contributed by atoms with E-state index < -0.39 is 23.6 Å². The number of alkyl halides is 3. The Morgan fingerprint density at radius 3 is 2.62 bits per heavy atom. The number of carbonyl (C=O) groups is 1. The van der Waals surface area contributed by atoms with Gasteiger partial charge < -0.3 is 14.8 Å². The van der Waals surface area contributed by atoms with Crippen molar-refractivity contribution in [1.82, 2.24) is 24.9 Å². The third-order valence-electron chi connectivity index (χ3n) is 4.74. The van der Waals surface area contributed by atoms with Gasteiger partial charge in [0.2, 0.25) is 0 Å². The van der Waals surface area contributed by atoms with Crippen LogP contribution in [0.25, 0.3) is 16.9 Å². The van der Waals surface area contributed by atoms with Gasteiger partial charge in [0.1, 0.15) is 17.0 Å². The summed E-state index contributed by atoms with van der Waals surface area (Å²) >= 11 is 0. The quantitative estimate of drug-likeness (QED) is 0.640. The summed E-state index contributed by atoms with van der Waals surface area (Å²) in [5, 5.41) is 11.1. The van der Waals surface area contributed by atoms with Gasteiger partial charge in [-0.05, 0) is 36.8 Å². The second-order valence-corrected chi connectivity index (χ2v) is 7.14. The molecule has 32 heavy (non-hydrogen) atoms. The van der Waals surface area contributed by atoms with Crippen molar-refractivity contribution in [2.24, 2.45) is 7.05 Å². The van der Waals surface area contributed by atoms with Gasteiger partial charge in [-0.15, -0.1) is 13.2 Å². The Hall–Kier alpha value is -3.67. The molecule has 1 unspecified atom stereocenters. The first-order chi connectivity index (χ1) is 15.2. The van der Waals surface area contributed by atoms with Crippen LogP contribution in [0, 0.1) is 0 Å². The summed E-state index contributed by atoms with van der Waals surface area (Å²) in [6.45, 7) is 0.861. The third-order valence-corrected chi connectivity index (χ3v) is 4.74. The first kappa shape index (κ1) is 21.6. The molecule has 2 aromatic heterocycles. The van der Waals surface area contributed by atoms with E-state index >= 15 is 0 Å². The van der Waals surface area contributed by atoms with E-state index in [4.69, 9.17) is 4.74 Å². The number of nitrogens with zero attached hydrogens (tertiary/aromatic N) is 4. The molecule has 9 nitrogen and oxygen atoms in total. The van der Waals surface area contributed by atoms with Crippen molar-refractivity contribution >= 4 is 5.91 Å². The molecule has 1 saturated heterocycles. The number of carbonyl (C=O) groups excluding carboxylic acids is 1. The summed E-state index contributed by atoms with van der Waals surface area (Å²) in [5.74, 6) is -0.996. The van der Waals surface area contributed by atoms with E-state index in [1.807, 2.05) is 0 Å². The van der Waals surface area contributed by atoms with Crippen molar-refractivity contribution in [2.45, 2.75) is 18.8 Å². The summed E-state index contributed by atoms with van der Waals surface area (Å²) in [4.78, 5) is 25.8. The predicted octanol–water partition coefficient (Wildman–Crippen LogP) is 2.05. The molecule has 1 amide bonds. The van der Waals surface area contributed by atoms with Gasteiger partial charge in [-0.3, -0.25) is 14.3 Å². The summed E-state index contributed by atoms with van der Waals surface area (Å²) in [5.41, 5.74) is 0.0986. The second-order valence-electron chi connectivity index (χ2n) is 7.14. The van der Waals surface area contributed by atoms with Gasteiger partial charge in [0.05, 0.1) is 30.7 Å². The molecule has 0 radical (unpaired) electrons. The molecule has 0 aliphatic carbocycles. The number of aromatic nitrogens is 4. The number of hydrogen-bond acceptors (Lipinski definition) is 6. The maximum atomic E-state index is 13.0. The minimum Gasteiger partial charge on any atom is -0.406 e. The molecule has 3 aromatic rings. The van der Waals surface area contributed by atoms with Crippen LogP contribution in [0.5, 0.6) is 5.75 Å². The molecule has 0 spiro atoms. The Kier molecular flexibility index (Phi) is 5.70. The van der Waals surface area contributed by atoms with Gasteiger partial charge in [0, 0.05) is 19.2 Å². The SMILES string of the molecule is Cn1cc(-n2nc(-c3ccc(OC(F)(F)F)cc3)cc(C(=O)NC3CCOC3)c2=O)cn1. The predicted molar refractivity (Wildman–Crippen MR) is 105 cm³/mol. The first-order valence-electron chi connectivity index (χ1n) is 9.58. The molecule has 0 bridgehead atoms. The number of hydrogen-bond donors (Lipinski definition) is 1. The Labute approximate surface area is 179 Å². The number of aryl methyl sites for hydroxylation is 1. The molecule has 3 heterocycles. The minimum atomic E-state index is -4.82. The van der Waals surface area contributed by atoms with Crippen LogP contribution in [0.2, 0.25) is 0 Å². The number of nitrogens with one attached hydrogen (secondary N) is 1. The van der Waals surface area contributed by atoms with E-state index in [9.17, 15) is 22.8 Å². The summed E-state index contributed by atoms with van der Waals surface area (Å²) < 4.78 is 48.9. The molecule has 1 aromatic carbocycles. The number of halogens is 3. The van der Waals surface area contributed by atoms with Crippen molar-refractivity contribution in [1.29, 1.82) is 0 Å². The van der Waals surface area contributed by atoms with E-state index in [0.29, 0.717) is 30.9 Å². The second kappa shape index (κ2) is 8.46. The van der Waals surface area contributed by atoms with Crippen molar-refractivity contribution in [3.05, 3.63) is 58.6 Å². The summed E-state index contributed by atoms with van der Waals surface area (Å²) in [7, 11) is 1.66. The highest BCUT2D eigenvalue weighted by atomic mass is 19.4. The lowest BCUT2D eigenvalue weighted by molar-refractivity contribution is -0.274. The van der Waals surface area contributed by atoms with Crippen LogP contribution >= 0.6 is 0 Å². The van der Waals surface area contributed by atoms with E-state index in [1.165, 1.54) is 29.1 Å². The van der Waals surface area contributed by atoms with Crippen LogP contribution in [0.4, 0.5) is 13.2 Å². The highest BCUT2D eigenvalue weighted by molar-refractivity contribution is 5.95. The van der Waals surface area contributed by atoms with Crippen molar-refractivity contribution in [3.63, 3.8) is 0 Å². The average molecular weight is 449 g/mol. The summed E-state index contributed by atoms with van der Waals surface area (Å²) in [6, 6.07) is 6.05. The normalized spacial score (nSPS) is 16.2. The fourth-order valence-corrected chi connectivity index (χ4v) is 3.23. The fraction of sp³-hybridized carbons (Fsp3) is 0.300. The average Bonchev–Trinajstić information content (AvgIpc) is 3.39. The standard InChI is InChI=1S/C20H18F3N5O4/c1-27-10-14(9-24-27)28-19(30)16(18(29)25-13-6-7-31-11-13)8-17(26-28)12-2-4-15(5-3-12)32-20(21,22)23/h2-5,8-10,13H,6-7,11H2,1H3,(H,25,29). The zero-order valence-corrected chi connectivity index (χ0v) is 16.8. The molecule has 12 heteroatoms. The number of benzene rings is 1. The van der Waals surface area contributed by atoms with Gasteiger partial charge >= 0.3 is 6.36 Å². The molecule has 1 N–H and O–H groups in total. The van der Waals surface area contributed by atoms with E-state index in [1.54, 1.807) is 13.2 Å². The highest BCUT2D eigenvalue weighted by Gasteiger charge is 2.31. The Morgan fingerprint density at radius 1 is 1.28 bits per heavy atom. The number of amides is 1. The largest absolute Gasteiger partial charge is 0.573 e. The minimum absolute atomic E-state index is 0.165. The van der Waals surface area contributed by atoms with Crippen molar-refractivity contribution < 1.29 is 27.4 Å². The lowest BCUT2D eigenvalue weighted by Crippen LogP contribution is -2.39. The molecule has 1 fully saturated rings. The monoisotopic (exact) mass is 449 g/mol. The lowest BCUT2D eigenvalue weighted by atomic mass is 10.1. The van der Waals surface area contributed by atoms with Crippen molar-refractivity contribution in [3.8, 4) is 22.7 Å². The molecule has 0 saturated carbocycles. The number of ether oxygens (including phenoxy) is 2. The Morgan fingerprint density at radius 2 is 2.03 bits per heavy atom. The van der Waals surface area contributed by atoms with Gasteiger partial charge in [-0.2, -0.15) is 14.9 Å². The van der Waals surface area contributed by atoms with Crippen LogP contribution in [0.3, 0.4) is 0 Å². The van der Waals surface area contributed by atoms with Crippen LogP contribution in [-0.2, 0) is 11.8 Å². The summed E-state index contributed by atoms with van der Waals surface area (Å²) in [6.07, 6.45) is -1.24. The van der Waals surface area contributed by atoms with Crippen molar-refractivity contribution in [2.75, 3.05) is 13.2 Å². The van der Waals surface area contributed by atoms with Crippen LogP contribution in [-0.4, -0.2) is 51.1 Å². The van der Waals surface area contributed by atoms with E-state index in [0.717, 1.165) is 16.8 Å².